The summed E-state index contributed by atoms with van der Waals surface area (Å²) < 4.78 is 2.05. The molecule has 1 atom stereocenters. The van der Waals surface area contributed by atoms with Crippen molar-refractivity contribution in [3.8, 4) is 0 Å². The van der Waals surface area contributed by atoms with Gasteiger partial charge >= 0.3 is 0 Å². The number of carbonyl (C=O) groups is 1. The standard InChI is InChI=1S/C12H23O.C11H18N3.C3H8.C2H6.Y/c1-9(8-11(2,3)4)10(13)12(5,6)7;1-2-9-14-11-8-6-4-3-5-7-10(11)12-13-14;1-3-2;1-2;/h9H,1,8H2,2-7H3;1-9H2;3H2,1-2H3;1-2H3;/q2*-1;;;. The summed E-state index contributed by atoms with van der Waals surface area (Å²) >= 11 is 0. The van der Waals surface area contributed by atoms with Gasteiger partial charge in [-0.2, -0.15) is 6.42 Å². The Balaban J connectivity index is -0.000000447. The first kappa shape index (κ1) is 37.5. The van der Waals surface area contributed by atoms with Crippen LogP contribution in [0.15, 0.2) is 0 Å². The molecule has 0 N–H and O–H groups in total. The molecule has 1 heterocycles. The van der Waals surface area contributed by atoms with Crippen molar-refractivity contribution in [2.24, 2.45) is 16.7 Å². The van der Waals surface area contributed by atoms with E-state index in [1.807, 2.05) is 39.3 Å². The quantitative estimate of drug-likeness (QED) is 0.364. The van der Waals surface area contributed by atoms with E-state index >= 15 is 0 Å². The summed E-state index contributed by atoms with van der Waals surface area (Å²) in [6.45, 7) is 29.3. The normalized spacial score (nSPS) is 14.2. The molecule has 193 valence electrons. The molecule has 0 bridgehead atoms. The van der Waals surface area contributed by atoms with Crippen LogP contribution >= 0.6 is 0 Å². The Labute approximate surface area is 232 Å². The average molecular weight is 539 g/mol. The van der Waals surface area contributed by atoms with Crippen molar-refractivity contribution in [2.75, 3.05) is 0 Å². The summed E-state index contributed by atoms with van der Waals surface area (Å²) in [6.07, 6.45) is 10.6. The zero-order chi connectivity index (χ0) is 25.4. The maximum atomic E-state index is 11.8. The van der Waals surface area contributed by atoms with Crippen LogP contribution in [0.5, 0.6) is 0 Å². The molecule has 0 saturated carbocycles. The van der Waals surface area contributed by atoms with Crippen molar-refractivity contribution in [1.29, 1.82) is 0 Å². The van der Waals surface area contributed by atoms with Crippen LogP contribution in [0, 0.1) is 30.6 Å². The second-order valence-corrected chi connectivity index (χ2v) is 10.8. The third-order valence-corrected chi connectivity index (χ3v) is 4.83. The number of carbonyl (C=O) groups excluding carboxylic acids is 1. The van der Waals surface area contributed by atoms with E-state index < -0.39 is 0 Å². The van der Waals surface area contributed by atoms with Gasteiger partial charge in [-0.25, -0.2) is 0 Å². The fourth-order valence-corrected chi connectivity index (χ4v) is 3.55. The van der Waals surface area contributed by atoms with Gasteiger partial charge in [0.25, 0.3) is 0 Å². The summed E-state index contributed by atoms with van der Waals surface area (Å²) in [4.78, 5) is 11.8. The average Bonchev–Trinajstić information content (AvgIpc) is 3.02. The predicted octanol–water partition coefficient (Wildman–Crippen LogP) is 8.09. The molecule has 0 aromatic carbocycles. The molecule has 1 aliphatic carbocycles. The molecule has 0 spiro atoms. The van der Waals surface area contributed by atoms with Crippen LogP contribution in [0.25, 0.3) is 0 Å². The van der Waals surface area contributed by atoms with Crippen molar-refractivity contribution in [2.45, 2.75) is 134 Å². The van der Waals surface area contributed by atoms with Crippen LogP contribution in [-0.4, -0.2) is 20.8 Å². The number of aromatic nitrogens is 3. The minimum absolute atomic E-state index is 0. The summed E-state index contributed by atoms with van der Waals surface area (Å²) in [5.41, 5.74) is 2.54. The molecular weight excluding hydrogens is 483 g/mol. The van der Waals surface area contributed by atoms with E-state index in [0.29, 0.717) is 0 Å². The Bertz CT molecular complexity index is 584. The first-order valence-electron chi connectivity index (χ1n) is 12.9. The molecule has 1 aliphatic rings. The van der Waals surface area contributed by atoms with E-state index in [2.05, 4.69) is 58.8 Å². The second-order valence-electron chi connectivity index (χ2n) is 10.8. The molecule has 0 saturated heterocycles. The molecule has 5 heteroatoms. The number of fused-ring (bicyclic) bond motifs is 1. The maximum absolute atomic E-state index is 11.8. The van der Waals surface area contributed by atoms with Crippen molar-refractivity contribution in [1.82, 2.24) is 15.0 Å². The van der Waals surface area contributed by atoms with E-state index in [4.69, 9.17) is 0 Å². The van der Waals surface area contributed by atoms with Gasteiger partial charge in [0.15, 0.2) is 0 Å². The van der Waals surface area contributed by atoms with Gasteiger partial charge in [0.1, 0.15) is 5.78 Å². The molecule has 0 amide bonds. The molecular formula is C28H55N3OY-2. The van der Waals surface area contributed by atoms with Crippen LogP contribution in [0.4, 0.5) is 0 Å². The molecule has 33 heavy (non-hydrogen) atoms. The number of rotatable bonds is 4. The maximum Gasteiger partial charge on any atom is 0.111 e. The predicted molar refractivity (Wildman–Crippen MR) is 141 cm³/mol. The van der Waals surface area contributed by atoms with Gasteiger partial charge in [-0.15, -0.1) is 11.0 Å². The van der Waals surface area contributed by atoms with E-state index in [0.717, 1.165) is 32.2 Å². The topological polar surface area (TPSA) is 47.8 Å². The summed E-state index contributed by atoms with van der Waals surface area (Å²) in [5, 5.41) is 8.46. The molecule has 0 aliphatic heterocycles. The summed E-state index contributed by atoms with van der Waals surface area (Å²) in [5.74, 6) is 0.197. The van der Waals surface area contributed by atoms with Crippen molar-refractivity contribution >= 4 is 5.78 Å². The van der Waals surface area contributed by atoms with Crippen LogP contribution in [0.1, 0.15) is 126 Å². The van der Waals surface area contributed by atoms with Crippen LogP contribution < -0.4 is 0 Å². The smallest absolute Gasteiger partial charge is 0.111 e. The number of Topliss-reactive ketones (excluding diaryl/α,β-unsaturated/α-hetero) is 1. The summed E-state index contributed by atoms with van der Waals surface area (Å²) in [6, 6.07) is 0. The van der Waals surface area contributed by atoms with E-state index in [-0.39, 0.29) is 55.2 Å². The Kier molecular flexibility index (Phi) is 22.9. The third kappa shape index (κ3) is 17.9. The molecule has 1 aromatic rings. The molecule has 1 unspecified atom stereocenters. The SMILES string of the molecule is CC.CCC.[CH2-]C(CC(C)(C)C)C(=O)C(C)(C)C.[CH2-]CCn1nnc2c1CCCCCC2.[Y]. The largest absolute Gasteiger partial charge is 0.342 e. The van der Waals surface area contributed by atoms with E-state index in [9.17, 15) is 4.79 Å². The van der Waals surface area contributed by atoms with E-state index in [1.165, 1.54) is 43.5 Å². The van der Waals surface area contributed by atoms with Crippen molar-refractivity contribution in [3.63, 3.8) is 0 Å². The fourth-order valence-electron chi connectivity index (χ4n) is 3.55. The Morgan fingerprint density at radius 1 is 1.00 bits per heavy atom. The summed E-state index contributed by atoms with van der Waals surface area (Å²) in [7, 11) is 0. The Morgan fingerprint density at radius 2 is 1.48 bits per heavy atom. The number of hydrogen-bond acceptors (Lipinski definition) is 3. The number of nitrogens with zero attached hydrogens (tertiary/aromatic N) is 3. The van der Waals surface area contributed by atoms with Gasteiger partial charge in [0.2, 0.25) is 0 Å². The van der Waals surface area contributed by atoms with Gasteiger partial charge in [-0.1, -0.05) is 100 Å². The Hall–Kier alpha value is -0.0861. The number of hydrogen-bond donors (Lipinski definition) is 0. The van der Waals surface area contributed by atoms with Crippen molar-refractivity contribution in [3.05, 3.63) is 25.2 Å². The van der Waals surface area contributed by atoms with Crippen LogP contribution in [-0.2, 0) is 56.9 Å². The molecule has 1 radical (unpaired) electrons. The Morgan fingerprint density at radius 3 is 1.91 bits per heavy atom. The van der Waals surface area contributed by atoms with Gasteiger partial charge < -0.3 is 18.6 Å². The van der Waals surface area contributed by atoms with Gasteiger partial charge in [0.05, 0.1) is 11.4 Å². The first-order chi connectivity index (χ1) is 14.9. The fraction of sp³-hybridized carbons (Fsp3) is 0.821. The van der Waals surface area contributed by atoms with Gasteiger partial charge in [-0.05, 0) is 31.1 Å². The zero-order valence-electron chi connectivity index (χ0n) is 23.9. The second kappa shape index (κ2) is 20.1. The van der Waals surface area contributed by atoms with Gasteiger partial charge in [-0.3, -0.25) is 4.68 Å². The minimum atomic E-state index is -0.252. The van der Waals surface area contributed by atoms with Crippen LogP contribution in [0.3, 0.4) is 0 Å². The van der Waals surface area contributed by atoms with Crippen LogP contribution in [0.2, 0.25) is 0 Å². The molecule has 1 aromatic heterocycles. The van der Waals surface area contributed by atoms with Crippen molar-refractivity contribution < 1.29 is 37.5 Å². The minimum Gasteiger partial charge on any atom is -0.342 e. The molecule has 2 rings (SSSR count). The van der Waals surface area contributed by atoms with Gasteiger partial charge in [0, 0.05) is 44.7 Å². The first-order valence-corrected chi connectivity index (χ1v) is 12.9. The molecule has 4 nitrogen and oxygen atoms in total. The monoisotopic (exact) mass is 538 g/mol. The van der Waals surface area contributed by atoms with E-state index in [1.54, 1.807) is 0 Å². The third-order valence-electron chi connectivity index (χ3n) is 4.83. The number of ketones is 1. The molecule has 0 fully saturated rings. The zero-order valence-corrected chi connectivity index (χ0v) is 26.7. The number of aryl methyl sites for hydroxylation is 2.